The molecule has 0 fully saturated rings. The zero-order valence-corrected chi connectivity index (χ0v) is 25.3. The highest BCUT2D eigenvalue weighted by Gasteiger charge is 2.16. The molecule has 0 heterocycles. The minimum Gasteiger partial charge on any atom is -0.0616 e. The van der Waals surface area contributed by atoms with Gasteiger partial charge in [0.2, 0.25) is 0 Å². The fourth-order valence-electron chi connectivity index (χ4n) is 7.23. The van der Waals surface area contributed by atoms with Crippen molar-refractivity contribution in [3.63, 3.8) is 0 Å². The van der Waals surface area contributed by atoms with E-state index in [1.165, 1.54) is 87.6 Å². The fourth-order valence-corrected chi connectivity index (χ4v) is 7.23. The molecule has 0 saturated carbocycles. The number of rotatable bonds is 4. The molecule has 9 rings (SSSR count). The first-order valence-corrected chi connectivity index (χ1v) is 15.9. The molecule has 0 N–H and O–H groups in total. The highest BCUT2D eigenvalue weighted by atomic mass is 14.2. The third-order valence-corrected chi connectivity index (χ3v) is 9.48. The second-order valence-corrected chi connectivity index (χ2v) is 12.1. The molecule has 0 aliphatic carbocycles. The van der Waals surface area contributed by atoms with Crippen LogP contribution in [-0.4, -0.2) is 0 Å². The molecule has 0 aliphatic rings. The van der Waals surface area contributed by atoms with Gasteiger partial charge in [-0.25, -0.2) is 0 Å². The first-order valence-electron chi connectivity index (χ1n) is 15.9. The van der Waals surface area contributed by atoms with Crippen molar-refractivity contribution >= 4 is 43.1 Å². The van der Waals surface area contributed by atoms with Gasteiger partial charge in [-0.2, -0.15) is 0 Å². The summed E-state index contributed by atoms with van der Waals surface area (Å²) in [5.41, 5.74) is 9.95. The lowest BCUT2D eigenvalue weighted by molar-refractivity contribution is 1.60. The van der Waals surface area contributed by atoms with Crippen LogP contribution in [-0.2, 0) is 0 Å². The van der Waals surface area contributed by atoms with Gasteiger partial charge in [-0.15, -0.1) is 0 Å². The van der Waals surface area contributed by atoms with Crippen molar-refractivity contribution in [2.24, 2.45) is 0 Å². The van der Waals surface area contributed by atoms with E-state index in [2.05, 4.69) is 182 Å². The first kappa shape index (κ1) is 26.4. The van der Waals surface area contributed by atoms with Crippen molar-refractivity contribution in [2.45, 2.75) is 0 Å². The summed E-state index contributed by atoms with van der Waals surface area (Å²) in [6.07, 6.45) is 0. The van der Waals surface area contributed by atoms with E-state index in [9.17, 15) is 0 Å². The molecule has 9 aromatic carbocycles. The summed E-state index contributed by atoms with van der Waals surface area (Å²) in [7, 11) is 0. The molecule has 214 valence electrons. The minimum atomic E-state index is 1.22. The molecule has 46 heavy (non-hydrogen) atoms. The second-order valence-electron chi connectivity index (χ2n) is 12.1. The maximum Gasteiger partial charge on any atom is -0.00928 e. The largest absolute Gasteiger partial charge is 0.0616 e. The van der Waals surface area contributed by atoms with Crippen molar-refractivity contribution in [3.8, 4) is 44.5 Å². The minimum absolute atomic E-state index is 1.22. The molecule has 0 nitrogen and oxygen atoms in total. The second kappa shape index (κ2) is 10.9. The number of benzene rings is 9. The standard InChI is InChI=1S/C46H30/c1-2-12-34-29-35(26-23-31(34)11-1)32-21-24-33(25-22-32)38-27-28-45(41-17-7-5-16-40(38)41)42-18-8-10-20-44(42)46-30-36-13-3-4-14-37(36)39-15-6-9-19-43(39)46/h1-30H. The van der Waals surface area contributed by atoms with Crippen molar-refractivity contribution < 1.29 is 0 Å². The predicted octanol–water partition coefficient (Wildman–Crippen LogP) is 13.0. The summed E-state index contributed by atoms with van der Waals surface area (Å²) in [6.45, 7) is 0. The van der Waals surface area contributed by atoms with Crippen LogP contribution in [0.5, 0.6) is 0 Å². The Balaban J connectivity index is 1.17. The van der Waals surface area contributed by atoms with Crippen LogP contribution in [0.25, 0.3) is 87.6 Å². The summed E-state index contributed by atoms with van der Waals surface area (Å²) in [6, 6.07) is 66.5. The molecule has 0 heteroatoms. The molecule has 0 unspecified atom stereocenters. The summed E-state index contributed by atoms with van der Waals surface area (Å²) in [4.78, 5) is 0. The van der Waals surface area contributed by atoms with E-state index in [1.807, 2.05) is 0 Å². The topological polar surface area (TPSA) is 0 Å². The maximum atomic E-state index is 2.37. The zero-order valence-electron chi connectivity index (χ0n) is 25.3. The third-order valence-electron chi connectivity index (χ3n) is 9.48. The van der Waals surface area contributed by atoms with Crippen LogP contribution in [0.1, 0.15) is 0 Å². The van der Waals surface area contributed by atoms with Crippen LogP contribution in [0.2, 0.25) is 0 Å². The molecule has 0 bridgehead atoms. The Morgan fingerprint density at radius 2 is 0.674 bits per heavy atom. The molecule has 0 amide bonds. The summed E-state index contributed by atoms with van der Waals surface area (Å²) < 4.78 is 0. The van der Waals surface area contributed by atoms with E-state index in [1.54, 1.807) is 0 Å². The summed E-state index contributed by atoms with van der Waals surface area (Å²) in [5.74, 6) is 0. The van der Waals surface area contributed by atoms with Crippen molar-refractivity contribution in [1.82, 2.24) is 0 Å². The van der Waals surface area contributed by atoms with Crippen LogP contribution >= 0.6 is 0 Å². The van der Waals surface area contributed by atoms with Crippen LogP contribution in [0.4, 0.5) is 0 Å². The molecule has 0 radical (unpaired) electrons. The Bertz CT molecular complexity index is 2570. The maximum absolute atomic E-state index is 2.37. The highest BCUT2D eigenvalue weighted by molar-refractivity contribution is 6.16. The van der Waals surface area contributed by atoms with E-state index in [-0.39, 0.29) is 0 Å². The van der Waals surface area contributed by atoms with Gasteiger partial charge >= 0.3 is 0 Å². The molecule has 9 aromatic rings. The number of fused-ring (bicyclic) bond motifs is 5. The van der Waals surface area contributed by atoms with Crippen LogP contribution in [0, 0.1) is 0 Å². The zero-order chi connectivity index (χ0) is 30.5. The Hall–Kier alpha value is -5.98. The van der Waals surface area contributed by atoms with Crippen molar-refractivity contribution in [2.75, 3.05) is 0 Å². The molecule has 0 saturated heterocycles. The number of hydrogen-bond acceptors (Lipinski definition) is 0. The van der Waals surface area contributed by atoms with Gasteiger partial charge in [0.1, 0.15) is 0 Å². The van der Waals surface area contributed by atoms with Gasteiger partial charge < -0.3 is 0 Å². The van der Waals surface area contributed by atoms with Gasteiger partial charge in [0, 0.05) is 0 Å². The van der Waals surface area contributed by atoms with Gasteiger partial charge in [0.05, 0.1) is 0 Å². The van der Waals surface area contributed by atoms with Crippen molar-refractivity contribution in [1.29, 1.82) is 0 Å². The Morgan fingerprint density at radius 3 is 1.41 bits per heavy atom. The van der Waals surface area contributed by atoms with Gasteiger partial charge in [-0.05, 0) is 99.7 Å². The van der Waals surface area contributed by atoms with Gasteiger partial charge in [0.25, 0.3) is 0 Å². The lowest BCUT2D eigenvalue weighted by Gasteiger charge is -2.17. The van der Waals surface area contributed by atoms with Gasteiger partial charge in [-0.1, -0.05) is 170 Å². The van der Waals surface area contributed by atoms with E-state index in [4.69, 9.17) is 0 Å². The van der Waals surface area contributed by atoms with E-state index >= 15 is 0 Å². The average Bonchev–Trinajstić information content (AvgIpc) is 3.14. The quantitative estimate of drug-likeness (QED) is 0.181. The third kappa shape index (κ3) is 4.38. The van der Waals surface area contributed by atoms with Crippen LogP contribution in [0.15, 0.2) is 182 Å². The molecular formula is C46H30. The lowest BCUT2D eigenvalue weighted by Crippen LogP contribution is -1.91. The molecule has 0 aromatic heterocycles. The van der Waals surface area contributed by atoms with Gasteiger partial charge in [0.15, 0.2) is 0 Å². The SMILES string of the molecule is c1ccc(-c2cc3ccccc3c3ccccc23)c(-c2ccc(-c3ccc(-c4ccc5ccccc5c4)cc3)c3ccccc23)c1. The molecular weight excluding hydrogens is 553 g/mol. The Labute approximate surface area is 268 Å². The molecule has 0 atom stereocenters. The lowest BCUT2D eigenvalue weighted by atomic mass is 9.86. The molecule has 0 spiro atoms. The Morgan fingerprint density at radius 1 is 0.196 bits per heavy atom. The predicted molar refractivity (Wildman–Crippen MR) is 198 cm³/mol. The van der Waals surface area contributed by atoms with E-state index in [0.717, 1.165) is 0 Å². The van der Waals surface area contributed by atoms with E-state index in [0.29, 0.717) is 0 Å². The normalized spacial score (nSPS) is 11.5. The van der Waals surface area contributed by atoms with Crippen molar-refractivity contribution in [3.05, 3.63) is 182 Å². The fraction of sp³-hybridized carbons (Fsp3) is 0. The smallest absolute Gasteiger partial charge is 0.00928 e. The summed E-state index contributed by atoms with van der Waals surface area (Å²) >= 11 is 0. The summed E-state index contributed by atoms with van der Waals surface area (Å²) in [5, 5.41) is 10.2. The van der Waals surface area contributed by atoms with Gasteiger partial charge in [-0.3, -0.25) is 0 Å². The first-order chi connectivity index (χ1) is 22.8. The van der Waals surface area contributed by atoms with E-state index < -0.39 is 0 Å². The number of hydrogen-bond donors (Lipinski definition) is 0. The van der Waals surface area contributed by atoms with Crippen LogP contribution in [0.3, 0.4) is 0 Å². The highest BCUT2D eigenvalue weighted by Crippen LogP contribution is 2.43. The van der Waals surface area contributed by atoms with Crippen LogP contribution < -0.4 is 0 Å². The monoisotopic (exact) mass is 582 g/mol. The average molecular weight is 583 g/mol. The Kier molecular flexibility index (Phi) is 6.25. The molecule has 0 aliphatic heterocycles.